The lowest BCUT2D eigenvalue weighted by Crippen LogP contribution is -2.28. The molecule has 0 unspecified atom stereocenters. The van der Waals surface area contributed by atoms with E-state index in [4.69, 9.17) is 9.47 Å². The number of ether oxygens (including phenoxy) is 2. The molecule has 16 heavy (non-hydrogen) atoms. The predicted molar refractivity (Wildman–Crippen MR) is 58.5 cm³/mol. The molecule has 0 radical (unpaired) electrons. The Labute approximate surface area is 94.4 Å². The Balaban J connectivity index is 2.16. The first-order chi connectivity index (χ1) is 7.67. The molecule has 0 fully saturated rings. The SMILES string of the molecule is CC(CO)(CO)Cc1ccc2c(c1)OCO2. The molecule has 1 heterocycles. The lowest BCUT2D eigenvalue weighted by atomic mass is 9.85. The normalized spacial score (nSPS) is 14.2. The van der Waals surface area contributed by atoms with Gasteiger partial charge >= 0.3 is 0 Å². The second-order valence-electron chi connectivity index (χ2n) is 4.49. The summed E-state index contributed by atoms with van der Waals surface area (Å²) in [6.07, 6.45) is 0.608. The zero-order valence-electron chi connectivity index (χ0n) is 9.27. The Morgan fingerprint density at radius 2 is 1.88 bits per heavy atom. The van der Waals surface area contributed by atoms with Gasteiger partial charge < -0.3 is 19.7 Å². The second kappa shape index (κ2) is 4.31. The van der Waals surface area contributed by atoms with Crippen LogP contribution in [0.1, 0.15) is 12.5 Å². The lowest BCUT2D eigenvalue weighted by molar-refractivity contribution is 0.0703. The maximum absolute atomic E-state index is 9.22. The smallest absolute Gasteiger partial charge is 0.231 e. The van der Waals surface area contributed by atoms with Gasteiger partial charge in [0.05, 0.1) is 13.2 Å². The third-order valence-corrected chi connectivity index (χ3v) is 2.83. The molecule has 1 aliphatic heterocycles. The van der Waals surface area contributed by atoms with Crippen molar-refractivity contribution in [2.75, 3.05) is 20.0 Å². The van der Waals surface area contributed by atoms with Crippen LogP contribution in [-0.2, 0) is 6.42 Å². The van der Waals surface area contributed by atoms with Gasteiger partial charge in [-0.1, -0.05) is 13.0 Å². The van der Waals surface area contributed by atoms with E-state index in [0.717, 1.165) is 17.1 Å². The maximum atomic E-state index is 9.22. The van der Waals surface area contributed by atoms with Crippen molar-refractivity contribution in [3.05, 3.63) is 23.8 Å². The summed E-state index contributed by atoms with van der Waals surface area (Å²) in [6.45, 7) is 2.02. The highest BCUT2D eigenvalue weighted by molar-refractivity contribution is 5.44. The summed E-state index contributed by atoms with van der Waals surface area (Å²) in [5.74, 6) is 1.48. The molecule has 0 atom stereocenters. The lowest BCUT2D eigenvalue weighted by Gasteiger charge is -2.24. The number of fused-ring (bicyclic) bond motifs is 1. The van der Waals surface area contributed by atoms with Crippen molar-refractivity contribution in [3.63, 3.8) is 0 Å². The van der Waals surface area contributed by atoms with Crippen molar-refractivity contribution in [2.24, 2.45) is 5.41 Å². The van der Waals surface area contributed by atoms with Crippen LogP contribution in [0.2, 0.25) is 0 Å². The monoisotopic (exact) mass is 224 g/mol. The zero-order valence-corrected chi connectivity index (χ0v) is 9.27. The van der Waals surface area contributed by atoms with E-state index in [2.05, 4.69) is 0 Å². The average molecular weight is 224 g/mol. The highest BCUT2D eigenvalue weighted by Crippen LogP contribution is 2.34. The molecule has 1 aromatic carbocycles. The molecular weight excluding hydrogens is 208 g/mol. The first-order valence-corrected chi connectivity index (χ1v) is 5.27. The van der Waals surface area contributed by atoms with Crippen LogP contribution in [-0.4, -0.2) is 30.2 Å². The molecule has 88 valence electrons. The Hall–Kier alpha value is -1.26. The van der Waals surface area contributed by atoms with Gasteiger partial charge in [-0.15, -0.1) is 0 Å². The number of aliphatic hydroxyl groups is 2. The van der Waals surface area contributed by atoms with E-state index in [1.807, 2.05) is 25.1 Å². The number of hydrogen-bond donors (Lipinski definition) is 2. The molecule has 1 aromatic rings. The molecule has 2 N–H and O–H groups in total. The highest BCUT2D eigenvalue weighted by Gasteiger charge is 2.24. The van der Waals surface area contributed by atoms with E-state index in [-0.39, 0.29) is 20.0 Å². The predicted octanol–water partition coefficient (Wildman–Crippen LogP) is 0.949. The minimum atomic E-state index is -0.492. The molecule has 2 rings (SSSR count). The van der Waals surface area contributed by atoms with Crippen molar-refractivity contribution in [2.45, 2.75) is 13.3 Å². The van der Waals surface area contributed by atoms with E-state index in [0.29, 0.717) is 6.42 Å². The van der Waals surface area contributed by atoms with Gasteiger partial charge in [0.2, 0.25) is 6.79 Å². The third-order valence-electron chi connectivity index (χ3n) is 2.83. The Morgan fingerprint density at radius 3 is 2.56 bits per heavy atom. The van der Waals surface area contributed by atoms with Gasteiger partial charge in [0.1, 0.15) is 0 Å². The molecule has 0 saturated heterocycles. The first kappa shape index (κ1) is 11.2. The molecule has 0 aromatic heterocycles. The number of rotatable bonds is 4. The Kier molecular flexibility index (Phi) is 3.03. The summed E-state index contributed by atoms with van der Waals surface area (Å²) >= 11 is 0. The molecule has 4 nitrogen and oxygen atoms in total. The van der Waals surface area contributed by atoms with Crippen molar-refractivity contribution in [3.8, 4) is 11.5 Å². The summed E-state index contributed by atoms with van der Waals surface area (Å²) in [5.41, 5.74) is 0.531. The minimum Gasteiger partial charge on any atom is -0.454 e. The standard InChI is InChI=1S/C12H16O4/c1-12(6-13,7-14)5-9-2-3-10-11(4-9)16-8-15-10/h2-4,13-14H,5-8H2,1H3. The molecule has 1 aliphatic rings. The minimum absolute atomic E-state index is 0.0437. The van der Waals surface area contributed by atoms with Gasteiger partial charge in [0.25, 0.3) is 0 Å². The van der Waals surface area contributed by atoms with Crippen molar-refractivity contribution in [1.82, 2.24) is 0 Å². The van der Waals surface area contributed by atoms with E-state index in [1.165, 1.54) is 0 Å². The van der Waals surface area contributed by atoms with Crippen LogP contribution in [0.25, 0.3) is 0 Å². The van der Waals surface area contributed by atoms with Crippen LogP contribution >= 0.6 is 0 Å². The molecular formula is C12H16O4. The molecule has 0 amide bonds. The fourth-order valence-electron chi connectivity index (χ4n) is 1.71. The van der Waals surface area contributed by atoms with Crippen LogP contribution in [0.15, 0.2) is 18.2 Å². The second-order valence-corrected chi connectivity index (χ2v) is 4.49. The average Bonchev–Trinajstić information content (AvgIpc) is 2.76. The van der Waals surface area contributed by atoms with Gasteiger partial charge in [-0.3, -0.25) is 0 Å². The largest absolute Gasteiger partial charge is 0.454 e. The summed E-state index contributed by atoms with van der Waals surface area (Å²) in [5, 5.41) is 18.4. The van der Waals surface area contributed by atoms with E-state index < -0.39 is 5.41 Å². The highest BCUT2D eigenvalue weighted by atomic mass is 16.7. The molecule has 0 spiro atoms. The first-order valence-electron chi connectivity index (χ1n) is 5.27. The molecule has 0 saturated carbocycles. The van der Waals surface area contributed by atoms with Crippen LogP contribution in [0.5, 0.6) is 11.5 Å². The fourth-order valence-corrected chi connectivity index (χ4v) is 1.71. The summed E-state index contributed by atoms with van der Waals surface area (Å²) < 4.78 is 10.5. The third kappa shape index (κ3) is 2.13. The quantitative estimate of drug-likeness (QED) is 0.799. The van der Waals surface area contributed by atoms with Crippen molar-refractivity contribution >= 4 is 0 Å². The molecule has 4 heteroatoms. The van der Waals surface area contributed by atoms with E-state index in [9.17, 15) is 10.2 Å². The van der Waals surface area contributed by atoms with E-state index in [1.54, 1.807) is 0 Å². The van der Waals surface area contributed by atoms with Crippen molar-refractivity contribution in [1.29, 1.82) is 0 Å². The van der Waals surface area contributed by atoms with Crippen LogP contribution in [0.4, 0.5) is 0 Å². The fraction of sp³-hybridized carbons (Fsp3) is 0.500. The van der Waals surface area contributed by atoms with Gasteiger partial charge in [-0.2, -0.15) is 0 Å². The number of hydrogen-bond acceptors (Lipinski definition) is 4. The van der Waals surface area contributed by atoms with Crippen molar-refractivity contribution < 1.29 is 19.7 Å². The topological polar surface area (TPSA) is 58.9 Å². The number of aliphatic hydroxyl groups excluding tert-OH is 2. The van der Waals surface area contributed by atoms with Gasteiger partial charge in [-0.25, -0.2) is 0 Å². The van der Waals surface area contributed by atoms with Crippen LogP contribution < -0.4 is 9.47 Å². The van der Waals surface area contributed by atoms with E-state index >= 15 is 0 Å². The zero-order chi connectivity index (χ0) is 11.6. The van der Waals surface area contributed by atoms with Crippen LogP contribution in [0.3, 0.4) is 0 Å². The Morgan fingerprint density at radius 1 is 1.19 bits per heavy atom. The molecule has 0 bridgehead atoms. The maximum Gasteiger partial charge on any atom is 0.231 e. The summed E-state index contributed by atoms with van der Waals surface area (Å²) in [7, 11) is 0. The molecule has 0 aliphatic carbocycles. The van der Waals surface area contributed by atoms with Crippen LogP contribution in [0, 0.1) is 5.41 Å². The van der Waals surface area contributed by atoms with Gasteiger partial charge in [-0.05, 0) is 24.1 Å². The van der Waals surface area contributed by atoms with Gasteiger partial charge in [0.15, 0.2) is 11.5 Å². The van der Waals surface area contributed by atoms with Gasteiger partial charge in [0, 0.05) is 5.41 Å². The summed E-state index contributed by atoms with van der Waals surface area (Å²) in [6, 6.07) is 5.68. The summed E-state index contributed by atoms with van der Waals surface area (Å²) in [4.78, 5) is 0. The Bertz CT molecular complexity index is 371. The number of benzene rings is 1.